The number of ketones is 1. The number of Topliss-reactive ketones (excluding diaryl/α,β-unsaturated/α-hetero) is 1. The van der Waals surface area contributed by atoms with Gasteiger partial charge >= 0.3 is 0 Å². The molecule has 0 spiro atoms. The van der Waals surface area contributed by atoms with E-state index in [4.69, 9.17) is 11.7 Å². The summed E-state index contributed by atoms with van der Waals surface area (Å²) in [6, 6.07) is 5.30. The summed E-state index contributed by atoms with van der Waals surface area (Å²) in [5, 5.41) is 13.8. The van der Waals surface area contributed by atoms with Crippen molar-refractivity contribution >= 4 is 23.3 Å². The third-order valence-electron chi connectivity index (χ3n) is 4.27. The summed E-state index contributed by atoms with van der Waals surface area (Å²) in [5.41, 5.74) is 1.07. The average molecular weight is 380 g/mol. The Hall–Kier alpha value is -3.91. The van der Waals surface area contributed by atoms with Gasteiger partial charge in [-0.1, -0.05) is 5.92 Å². The van der Waals surface area contributed by atoms with Crippen molar-refractivity contribution in [1.82, 2.24) is 9.88 Å². The van der Waals surface area contributed by atoms with Crippen LogP contribution in [0.25, 0.3) is 0 Å². The number of terminal acetylenes is 1. The van der Waals surface area contributed by atoms with Gasteiger partial charge in [-0.2, -0.15) is 5.26 Å². The van der Waals surface area contributed by atoms with E-state index in [9.17, 15) is 18.8 Å². The number of nitriles is 1. The van der Waals surface area contributed by atoms with Crippen LogP contribution in [0, 0.1) is 43.3 Å². The lowest BCUT2D eigenvalue weighted by Crippen LogP contribution is -2.32. The first-order chi connectivity index (χ1) is 13.2. The van der Waals surface area contributed by atoms with Crippen LogP contribution < -0.4 is 10.6 Å². The molecule has 1 aromatic carbocycles. The van der Waals surface area contributed by atoms with Crippen molar-refractivity contribution < 1.29 is 18.8 Å². The van der Waals surface area contributed by atoms with Crippen molar-refractivity contribution in [3.63, 3.8) is 0 Å². The summed E-state index contributed by atoms with van der Waals surface area (Å²) < 4.78 is 14.9. The van der Waals surface area contributed by atoms with Gasteiger partial charge in [-0.15, -0.1) is 6.42 Å². The SMILES string of the molecule is C#CCNC(=O)C(=O)c1c(C)c(C(=O)Nc2ccc(F)c(C#N)c2)c(C)n1C. The maximum Gasteiger partial charge on any atom is 0.294 e. The Kier molecular flexibility index (Phi) is 5.97. The summed E-state index contributed by atoms with van der Waals surface area (Å²) in [6.45, 7) is 3.09. The Morgan fingerprint density at radius 2 is 1.96 bits per heavy atom. The van der Waals surface area contributed by atoms with Crippen LogP contribution in [0.3, 0.4) is 0 Å². The number of amides is 2. The van der Waals surface area contributed by atoms with Gasteiger partial charge in [-0.25, -0.2) is 4.39 Å². The molecule has 8 heteroatoms. The van der Waals surface area contributed by atoms with Crippen LogP contribution in [0.5, 0.6) is 0 Å². The van der Waals surface area contributed by atoms with Crippen LogP contribution in [0.15, 0.2) is 18.2 Å². The van der Waals surface area contributed by atoms with Crippen LogP contribution in [0.4, 0.5) is 10.1 Å². The standard InChI is InChI=1S/C20H17FN4O3/c1-5-8-23-20(28)18(26)17-11(2)16(12(3)25(17)4)19(27)24-14-6-7-15(21)13(9-14)10-22/h1,6-7,9H,8H2,2-4H3,(H,23,28)(H,24,27). The van der Waals surface area contributed by atoms with Crippen LogP contribution >= 0.6 is 0 Å². The normalized spacial score (nSPS) is 9.93. The summed E-state index contributed by atoms with van der Waals surface area (Å²) in [6.07, 6.45) is 5.07. The molecule has 0 atom stereocenters. The molecular formula is C20H17FN4O3. The third-order valence-corrected chi connectivity index (χ3v) is 4.27. The highest BCUT2D eigenvalue weighted by Crippen LogP contribution is 2.23. The highest BCUT2D eigenvalue weighted by molar-refractivity contribution is 6.43. The van der Waals surface area contributed by atoms with Crippen molar-refractivity contribution in [2.45, 2.75) is 13.8 Å². The van der Waals surface area contributed by atoms with Gasteiger partial charge in [-0.3, -0.25) is 14.4 Å². The van der Waals surface area contributed by atoms with Gasteiger partial charge in [0, 0.05) is 18.4 Å². The van der Waals surface area contributed by atoms with E-state index in [1.54, 1.807) is 27.0 Å². The molecule has 0 saturated carbocycles. The maximum atomic E-state index is 13.4. The largest absolute Gasteiger partial charge is 0.344 e. The Labute approximate surface area is 161 Å². The van der Waals surface area contributed by atoms with E-state index >= 15 is 0 Å². The quantitative estimate of drug-likeness (QED) is 0.469. The molecule has 2 amide bonds. The fraction of sp³-hybridized carbons (Fsp3) is 0.200. The van der Waals surface area contributed by atoms with Crippen molar-refractivity contribution in [3.8, 4) is 18.4 Å². The second kappa shape index (κ2) is 8.19. The highest BCUT2D eigenvalue weighted by atomic mass is 19.1. The van der Waals surface area contributed by atoms with Gasteiger partial charge in [0.25, 0.3) is 17.6 Å². The van der Waals surface area contributed by atoms with E-state index in [-0.39, 0.29) is 29.1 Å². The molecule has 0 aliphatic heterocycles. The molecule has 0 aliphatic rings. The topological polar surface area (TPSA) is 104 Å². The first-order valence-electron chi connectivity index (χ1n) is 8.15. The number of halogens is 1. The zero-order valence-corrected chi connectivity index (χ0v) is 15.5. The fourth-order valence-electron chi connectivity index (χ4n) is 2.84. The Bertz CT molecular complexity index is 1070. The van der Waals surface area contributed by atoms with Gasteiger partial charge in [0.1, 0.15) is 11.9 Å². The fourth-order valence-corrected chi connectivity index (χ4v) is 2.84. The zero-order chi connectivity index (χ0) is 21.0. The van der Waals surface area contributed by atoms with Gasteiger partial charge in [0.05, 0.1) is 23.4 Å². The molecular weight excluding hydrogens is 363 g/mol. The molecule has 0 fully saturated rings. The van der Waals surface area contributed by atoms with Gasteiger partial charge < -0.3 is 15.2 Å². The smallest absolute Gasteiger partial charge is 0.294 e. The van der Waals surface area contributed by atoms with Crippen molar-refractivity contribution in [3.05, 3.63) is 52.1 Å². The number of carbonyl (C=O) groups is 3. The summed E-state index contributed by atoms with van der Waals surface area (Å²) in [4.78, 5) is 37.1. The number of anilines is 1. The van der Waals surface area contributed by atoms with E-state index in [0.717, 1.165) is 6.07 Å². The highest BCUT2D eigenvalue weighted by Gasteiger charge is 2.28. The second-order valence-electron chi connectivity index (χ2n) is 5.97. The summed E-state index contributed by atoms with van der Waals surface area (Å²) in [5.74, 6) is -0.726. The average Bonchev–Trinajstić information content (AvgIpc) is 2.89. The zero-order valence-electron chi connectivity index (χ0n) is 15.5. The third kappa shape index (κ3) is 3.76. The molecule has 1 aromatic heterocycles. The number of nitrogens with zero attached hydrogens (tertiary/aromatic N) is 2. The Morgan fingerprint density at radius 1 is 1.29 bits per heavy atom. The minimum atomic E-state index is -0.870. The number of rotatable bonds is 5. The number of aromatic nitrogens is 1. The van der Waals surface area contributed by atoms with Crippen LogP contribution in [-0.4, -0.2) is 28.7 Å². The number of hydrogen-bond acceptors (Lipinski definition) is 4. The Balaban J connectivity index is 2.38. The first kappa shape index (κ1) is 20.4. The lowest BCUT2D eigenvalue weighted by Gasteiger charge is -2.07. The number of benzene rings is 1. The molecule has 0 unspecified atom stereocenters. The monoisotopic (exact) mass is 380 g/mol. The van der Waals surface area contributed by atoms with Crippen LogP contribution in [0.1, 0.15) is 37.7 Å². The number of nitrogens with one attached hydrogen (secondary N) is 2. The van der Waals surface area contributed by atoms with E-state index in [1.165, 1.54) is 16.7 Å². The maximum absolute atomic E-state index is 13.4. The van der Waals surface area contributed by atoms with Crippen LogP contribution in [-0.2, 0) is 11.8 Å². The predicted molar refractivity (Wildman–Crippen MR) is 100 cm³/mol. The Morgan fingerprint density at radius 3 is 2.57 bits per heavy atom. The lowest BCUT2D eigenvalue weighted by molar-refractivity contribution is -0.116. The number of hydrogen-bond donors (Lipinski definition) is 2. The lowest BCUT2D eigenvalue weighted by atomic mass is 10.1. The summed E-state index contributed by atoms with van der Waals surface area (Å²) in [7, 11) is 1.56. The first-order valence-corrected chi connectivity index (χ1v) is 8.15. The minimum absolute atomic E-state index is 0.0639. The predicted octanol–water partition coefficient (Wildman–Crippen LogP) is 1.84. The van der Waals surface area contributed by atoms with E-state index in [1.807, 2.05) is 0 Å². The van der Waals surface area contributed by atoms with Gasteiger partial charge in [0.2, 0.25) is 0 Å². The molecule has 2 rings (SSSR count). The van der Waals surface area contributed by atoms with E-state index in [0.29, 0.717) is 11.3 Å². The van der Waals surface area contributed by atoms with Crippen molar-refractivity contribution in [1.29, 1.82) is 5.26 Å². The molecule has 7 nitrogen and oxygen atoms in total. The van der Waals surface area contributed by atoms with E-state index < -0.39 is 23.4 Å². The molecule has 0 bridgehead atoms. The van der Waals surface area contributed by atoms with Gasteiger partial charge in [-0.05, 0) is 37.6 Å². The van der Waals surface area contributed by atoms with Gasteiger partial charge in [0.15, 0.2) is 0 Å². The van der Waals surface area contributed by atoms with Crippen molar-refractivity contribution in [2.75, 3.05) is 11.9 Å². The molecule has 2 aromatic rings. The molecule has 2 N–H and O–H groups in total. The second-order valence-corrected chi connectivity index (χ2v) is 5.97. The molecule has 0 radical (unpaired) electrons. The molecule has 0 saturated heterocycles. The number of carbonyl (C=O) groups excluding carboxylic acids is 3. The minimum Gasteiger partial charge on any atom is -0.344 e. The molecule has 28 heavy (non-hydrogen) atoms. The molecule has 1 heterocycles. The molecule has 0 aliphatic carbocycles. The summed E-state index contributed by atoms with van der Waals surface area (Å²) >= 11 is 0. The van der Waals surface area contributed by atoms with Crippen LogP contribution in [0.2, 0.25) is 0 Å². The van der Waals surface area contributed by atoms with E-state index in [2.05, 4.69) is 16.6 Å². The van der Waals surface area contributed by atoms with Crippen molar-refractivity contribution in [2.24, 2.45) is 7.05 Å². The molecule has 142 valence electrons.